The van der Waals surface area contributed by atoms with Crippen LogP contribution < -0.4 is 0 Å². The summed E-state index contributed by atoms with van der Waals surface area (Å²) in [5.41, 5.74) is 1.38. The summed E-state index contributed by atoms with van der Waals surface area (Å²) < 4.78 is 0. The van der Waals surface area contributed by atoms with E-state index in [1.807, 2.05) is 6.92 Å². The molecule has 0 fully saturated rings. The molecule has 0 aromatic carbocycles. The molecule has 4 unspecified atom stereocenters. The molecule has 200 valence electrons. The molecular weight excluding hydrogens is 739 g/mol. The second kappa shape index (κ2) is 8.59. The number of halogens is 6. The summed E-state index contributed by atoms with van der Waals surface area (Å²) in [4.78, 5) is 13.4. The molecule has 12 heteroatoms. The Kier molecular flexibility index (Phi) is 8.43. The molecule has 0 radical (unpaired) electrons. The first-order chi connectivity index (χ1) is 14.2. The van der Waals surface area contributed by atoms with Crippen LogP contribution in [0.4, 0.5) is 0 Å². The Morgan fingerprint density at radius 2 is 1.03 bits per heavy atom. The van der Waals surface area contributed by atoms with Crippen LogP contribution >= 0.6 is 80.7 Å². The van der Waals surface area contributed by atoms with Gasteiger partial charge in [0.25, 0.3) is 5.52 Å². The van der Waals surface area contributed by atoms with Crippen LogP contribution in [0.1, 0.15) is 101 Å². The predicted molar refractivity (Wildman–Crippen MR) is 171 cm³/mol. The van der Waals surface area contributed by atoms with Crippen LogP contribution in [0.3, 0.4) is 0 Å². The Hall–Kier alpha value is 3.17. The molecule has 2 aliphatic heterocycles. The number of hydrogen-bond donors (Lipinski definition) is 0. The normalized spacial score (nSPS) is 26.3. The summed E-state index contributed by atoms with van der Waals surface area (Å²) in [6.45, 7) is 28.8. The Labute approximate surface area is 230 Å². The number of hydrogen-bond acceptors (Lipinski definition) is 1. The summed E-state index contributed by atoms with van der Waals surface area (Å²) in [6.07, 6.45) is 0. The summed E-state index contributed by atoms with van der Waals surface area (Å²) in [5, 5.41) is 6.94. The summed E-state index contributed by atoms with van der Waals surface area (Å²) >= 11 is 0. The number of allylic oxidation sites excluding steroid dienone is 2. The van der Waals surface area contributed by atoms with Crippen molar-refractivity contribution in [3.8, 4) is 0 Å². The van der Waals surface area contributed by atoms with Crippen molar-refractivity contribution in [2.24, 2.45) is 10.8 Å². The molecule has 0 saturated heterocycles. The zero-order chi connectivity index (χ0) is 27.5. The molecule has 3 heterocycles. The van der Waals surface area contributed by atoms with Crippen molar-refractivity contribution in [1.29, 1.82) is 0 Å². The summed E-state index contributed by atoms with van der Waals surface area (Å²) in [7, 11) is 24.8. The van der Waals surface area contributed by atoms with Crippen LogP contribution in [-0.2, 0) is 15.6 Å². The minimum absolute atomic E-state index is 0.0456. The maximum atomic E-state index is 13.4. The van der Waals surface area contributed by atoms with Gasteiger partial charge in [-0.15, -0.1) is 0 Å². The third kappa shape index (κ3) is 6.55. The van der Waals surface area contributed by atoms with Gasteiger partial charge in [0.15, 0.2) is 13.9 Å². The van der Waals surface area contributed by atoms with Crippen LogP contribution in [-0.4, -0.2) is 14.7 Å². The van der Waals surface area contributed by atoms with E-state index in [1.54, 1.807) is 21.2 Å². The van der Waals surface area contributed by atoms with E-state index in [-0.39, 0.29) is 42.8 Å². The molecule has 2 aliphatic rings. The molecule has 0 aliphatic carbocycles. The zero-order valence-electron chi connectivity index (χ0n) is 22.4. The van der Waals surface area contributed by atoms with Crippen LogP contribution in [0.5, 0.6) is 0 Å². The number of carbonyl (C=O) groups excluding carboxylic acids is 1. The first kappa shape index (κ1) is 33.4. The van der Waals surface area contributed by atoms with Gasteiger partial charge in [0.05, 0.1) is 6.90 Å². The zero-order valence-corrected chi connectivity index (χ0v) is 33.1. The standard InChI is InChI=1S/C22H39OP4.6ClH.Sb/c1-14(23)27-18(22(11,12)13)17(21(8,9)10)26(27)24-15(19(2,3)4)16(25(24)27)20(5,6)7;;;;;;;/h1-13H3;6*1H;/q+1;;;;;;;+5/p-6. The third-order valence-electron chi connectivity index (χ3n) is 5.55. The molecule has 1 nitrogen and oxygen atoms in total. The monoisotopic (exact) mass is 774 g/mol. The van der Waals surface area contributed by atoms with Gasteiger partial charge in [-0.2, -0.15) is 0 Å². The van der Waals surface area contributed by atoms with Crippen molar-refractivity contribution in [1.82, 2.24) is 0 Å². The first-order valence-electron chi connectivity index (χ1n) is 11.1. The van der Waals surface area contributed by atoms with Gasteiger partial charge in [-0.25, -0.2) is 0 Å². The number of rotatable bonds is 1. The third-order valence-corrected chi connectivity index (χ3v) is 45.5. The molecule has 4 atom stereocenters. The molecular formula is C22H39Cl6OP4Sb. The topological polar surface area (TPSA) is 17.1 Å². The molecule has 0 saturated carbocycles. The predicted octanol–water partition coefficient (Wildman–Crippen LogP) is 13.8. The van der Waals surface area contributed by atoms with Crippen molar-refractivity contribution in [2.75, 3.05) is 0 Å². The molecule has 1 aromatic heterocycles. The van der Waals surface area contributed by atoms with Gasteiger partial charge < -0.3 is 0 Å². The van der Waals surface area contributed by atoms with Crippen LogP contribution in [0.2, 0.25) is 0 Å². The average Bonchev–Trinajstić information content (AvgIpc) is 2.35. The second-order valence-corrected chi connectivity index (χ2v) is 90.2. The maximum absolute atomic E-state index is 13.4. The van der Waals surface area contributed by atoms with Crippen molar-refractivity contribution in [3.05, 3.63) is 21.2 Å². The Balaban J connectivity index is 0.000000509. The van der Waals surface area contributed by atoms with Gasteiger partial charge in [0, 0.05) is 35.1 Å². The van der Waals surface area contributed by atoms with E-state index < -0.39 is 15.8 Å². The second-order valence-electron chi connectivity index (χ2n) is 13.3. The average molecular weight is 778 g/mol. The molecule has 0 N–H and O–H groups in total. The van der Waals surface area contributed by atoms with E-state index in [0.29, 0.717) is 5.52 Å². The van der Waals surface area contributed by atoms with Gasteiger partial charge in [-0.3, -0.25) is 4.79 Å². The van der Waals surface area contributed by atoms with E-state index in [1.165, 1.54) is 0 Å². The van der Waals surface area contributed by atoms with Crippen molar-refractivity contribution < 1.29 is 4.79 Å². The molecule has 0 bridgehead atoms. The number of fused-ring (bicyclic) bond motifs is 4. The van der Waals surface area contributed by atoms with E-state index in [2.05, 4.69) is 83.1 Å². The fourth-order valence-corrected chi connectivity index (χ4v) is 61.0. The molecule has 0 spiro atoms. The summed E-state index contributed by atoms with van der Waals surface area (Å²) in [6, 6.07) is 0. The minimum atomic E-state index is -5.42. The van der Waals surface area contributed by atoms with Crippen LogP contribution in [0.25, 0.3) is 0 Å². The SMILES string of the molecule is CC(=O)[P+]12C(C(C)(C)C)=C(C(C)(C)C)P1p1c(C(C)(C)C)c(C(C)(C)C)p12.[Cl][Sb-]([Cl])([Cl])([Cl])([Cl])[Cl]. The van der Waals surface area contributed by atoms with Gasteiger partial charge in [-0.05, 0) is 16.2 Å². The van der Waals surface area contributed by atoms with Gasteiger partial charge in [-0.1, -0.05) is 83.1 Å². The fourth-order valence-electron chi connectivity index (χ4n) is 4.79. The van der Waals surface area contributed by atoms with Crippen molar-refractivity contribution in [3.63, 3.8) is 0 Å². The molecule has 1 aromatic rings. The molecule has 34 heavy (non-hydrogen) atoms. The molecule has 0 amide bonds. The van der Waals surface area contributed by atoms with Gasteiger partial charge in [0.1, 0.15) is 5.31 Å². The number of carbonyl (C=O) groups is 1. The van der Waals surface area contributed by atoms with E-state index in [9.17, 15) is 4.79 Å². The van der Waals surface area contributed by atoms with Gasteiger partial charge >= 0.3 is 62.1 Å². The Morgan fingerprint density at radius 3 is 1.26 bits per heavy atom. The van der Waals surface area contributed by atoms with E-state index in [4.69, 9.17) is 53.0 Å². The van der Waals surface area contributed by atoms with Crippen molar-refractivity contribution in [2.45, 2.75) is 101 Å². The van der Waals surface area contributed by atoms with E-state index >= 15 is 0 Å². The Bertz CT molecular complexity index is 1060. The first-order valence-corrected chi connectivity index (χ1v) is 39.2. The van der Waals surface area contributed by atoms with E-state index in [0.717, 1.165) is 0 Å². The van der Waals surface area contributed by atoms with Gasteiger partial charge in [0.2, 0.25) is 0 Å². The van der Waals surface area contributed by atoms with Crippen LogP contribution in [0, 0.1) is 10.8 Å². The van der Waals surface area contributed by atoms with Crippen molar-refractivity contribution >= 4 is 95.4 Å². The fraction of sp³-hybridized carbons (Fsp3) is 0.773. The summed E-state index contributed by atoms with van der Waals surface area (Å²) in [5.74, 6) is 0. The molecule has 3 rings (SSSR count). The van der Waals surface area contributed by atoms with Crippen LogP contribution in [0.15, 0.2) is 10.6 Å². The quantitative estimate of drug-likeness (QED) is 0.205. The Morgan fingerprint density at radius 1 is 0.676 bits per heavy atom.